The van der Waals surface area contributed by atoms with Gasteiger partial charge in [0.15, 0.2) is 0 Å². The fourth-order valence-electron chi connectivity index (χ4n) is 13.4. The number of allylic oxidation sites excluding steroid dienone is 3. The summed E-state index contributed by atoms with van der Waals surface area (Å²) in [6.07, 6.45) is 101. The Morgan fingerprint density at radius 2 is 0.602 bits per heavy atom. The number of nitrogens with zero attached hydrogens (tertiary/aromatic N) is 1. The number of likely N-dealkylation sites (N-methyl/N-ethyl adjacent to an activating group) is 1. The molecule has 2 N–H and O–H groups in total. The molecule has 0 radical (unpaired) electrons. The highest BCUT2D eigenvalue weighted by Gasteiger charge is 2.23. The van der Waals surface area contributed by atoms with Gasteiger partial charge in [0.1, 0.15) is 13.2 Å². The third-order valence-electron chi connectivity index (χ3n) is 19.9. The van der Waals surface area contributed by atoms with Crippen LogP contribution in [-0.4, -0.2) is 68.5 Å². The Kier molecular flexibility index (Phi) is 74.4. The molecule has 0 aliphatic heterocycles. The summed E-state index contributed by atoms with van der Waals surface area (Å²) < 4.78 is 23.5. The first-order valence-electron chi connectivity index (χ1n) is 42.2. The number of aliphatic hydroxyl groups is 1. The van der Waals surface area contributed by atoms with Crippen molar-refractivity contribution in [2.45, 2.75) is 469 Å². The quantitative estimate of drug-likeness (QED) is 0.0272. The zero-order valence-electron chi connectivity index (χ0n) is 63.8. The highest BCUT2D eigenvalue weighted by atomic mass is 31.2. The highest BCUT2D eigenvalue weighted by Crippen LogP contribution is 2.38. The molecule has 0 spiro atoms. The number of rotatable bonds is 80. The fraction of sp³-hybridized carbons (Fsp3) is 0.940. The molecule has 0 aromatic carbocycles. The minimum atomic E-state index is -4.61. The van der Waals surface area contributed by atoms with Gasteiger partial charge in [-0.05, 0) is 32.1 Å². The average molecular weight is 1330 g/mol. The Morgan fingerprint density at radius 3 is 0.871 bits per heavy atom. The first-order chi connectivity index (χ1) is 45.5. The molecule has 0 saturated carbocycles. The van der Waals surface area contributed by atoms with E-state index in [2.05, 4.69) is 31.3 Å². The van der Waals surface area contributed by atoms with Crippen LogP contribution in [0.25, 0.3) is 0 Å². The minimum Gasteiger partial charge on any atom is -0.756 e. The Bertz CT molecular complexity index is 1570. The number of carbonyl (C=O) groups is 1. The van der Waals surface area contributed by atoms with E-state index in [4.69, 9.17) is 9.05 Å². The number of carbonyl (C=O) groups excluding carboxylic acids is 1. The molecule has 8 nitrogen and oxygen atoms in total. The smallest absolute Gasteiger partial charge is 0.268 e. The summed E-state index contributed by atoms with van der Waals surface area (Å²) in [5.41, 5.74) is 0. The van der Waals surface area contributed by atoms with Crippen LogP contribution in [0.2, 0.25) is 0 Å². The van der Waals surface area contributed by atoms with Gasteiger partial charge in [0.05, 0.1) is 39.9 Å². The summed E-state index contributed by atoms with van der Waals surface area (Å²) in [5.74, 6) is -0.196. The zero-order valence-corrected chi connectivity index (χ0v) is 64.7. The normalized spacial score (nSPS) is 13.5. The molecular formula is C84H167N2O6P. The van der Waals surface area contributed by atoms with Gasteiger partial charge in [0.25, 0.3) is 7.82 Å². The molecule has 0 rings (SSSR count). The first-order valence-corrected chi connectivity index (χ1v) is 43.7. The largest absolute Gasteiger partial charge is 0.756 e. The topological polar surface area (TPSA) is 108 Å². The lowest BCUT2D eigenvalue weighted by atomic mass is 10.0. The molecule has 0 aliphatic rings. The lowest BCUT2D eigenvalue weighted by Crippen LogP contribution is -2.45. The second-order valence-electron chi connectivity index (χ2n) is 30.5. The van der Waals surface area contributed by atoms with E-state index >= 15 is 0 Å². The standard InChI is InChI=1S/C84H167N2O6P/c1-6-8-10-12-14-16-18-20-22-24-26-28-30-32-34-36-38-40-41-42-43-44-45-46-48-50-52-54-56-58-60-62-64-66-68-70-72-74-76-78-84(88)85-82(81-92-93(89,90)91-80-79-86(3,4)5)83(87)77-75-73-71-69-67-65-63-61-59-57-55-53-51-49-47-39-37-35-33-31-29-27-25-23-21-19-17-15-13-11-9-7-2/h67,69,75,77,82-83,87H,6-66,68,70-74,76,78-81H2,1-5H3,(H-,85,88,89,90)/b69-67+,77-75+. The molecule has 554 valence electrons. The van der Waals surface area contributed by atoms with Crippen molar-refractivity contribution in [1.29, 1.82) is 0 Å². The summed E-state index contributed by atoms with van der Waals surface area (Å²) >= 11 is 0. The molecule has 0 aromatic heterocycles. The number of phosphoric acid groups is 1. The number of unbranched alkanes of at least 4 members (excludes halogenated alkanes) is 65. The van der Waals surface area contributed by atoms with E-state index in [0.717, 1.165) is 38.5 Å². The molecule has 0 heterocycles. The van der Waals surface area contributed by atoms with Crippen molar-refractivity contribution >= 4 is 13.7 Å². The number of phosphoric ester groups is 1. The van der Waals surface area contributed by atoms with Crippen LogP contribution >= 0.6 is 7.82 Å². The number of quaternary nitrogens is 1. The predicted molar refractivity (Wildman–Crippen MR) is 409 cm³/mol. The molecule has 0 saturated heterocycles. The monoisotopic (exact) mass is 1330 g/mol. The van der Waals surface area contributed by atoms with Crippen LogP contribution in [0.5, 0.6) is 0 Å². The highest BCUT2D eigenvalue weighted by molar-refractivity contribution is 7.45. The number of hydrogen-bond acceptors (Lipinski definition) is 6. The van der Waals surface area contributed by atoms with Crippen molar-refractivity contribution in [1.82, 2.24) is 5.32 Å². The van der Waals surface area contributed by atoms with Crippen LogP contribution in [0.1, 0.15) is 457 Å². The summed E-state index contributed by atoms with van der Waals surface area (Å²) in [6, 6.07) is -0.903. The van der Waals surface area contributed by atoms with E-state index in [0.29, 0.717) is 17.4 Å². The van der Waals surface area contributed by atoms with Crippen molar-refractivity contribution in [3.8, 4) is 0 Å². The van der Waals surface area contributed by atoms with Crippen LogP contribution in [0.3, 0.4) is 0 Å². The van der Waals surface area contributed by atoms with Gasteiger partial charge in [-0.2, -0.15) is 0 Å². The third kappa shape index (κ3) is 78.2. The molecular weight excluding hydrogens is 1160 g/mol. The van der Waals surface area contributed by atoms with Crippen molar-refractivity contribution in [3.63, 3.8) is 0 Å². The maximum absolute atomic E-state index is 13.1. The summed E-state index contributed by atoms with van der Waals surface area (Å²) in [4.78, 5) is 25.7. The van der Waals surface area contributed by atoms with E-state index in [1.54, 1.807) is 6.08 Å². The fourth-order valence-corrected chi connectivity index (χ4v) is 14.1. The number of amides is 1. The Morgan fingerprint density at radius 1 is 0.366 bits per heavy atom. The van der Waals surface area contributed by atoms with E-state index < -0.39 is 20.0 Å². The van der Waals surface area contributed by atoms with E-state index in [9.17, 15) is 19.4 Å². The second kappa shape index (κ2) is 75.2. The number of hydrogen-bond donors (Lipinski definition) is 2. The van der Waals surface area contributed by atoms with Gasteiger partial charge in [0.2, 0.25) is 5.91 Å². The Labute approximate surface area is 583 Å². The van der Waals surface area contributed by atoms with E-state index in [1.165, 1.54) is 398 Å². The number of nitrogens with one attached hydrogen (secondary N) is 1. The van der Waals surface area contributed by atoms with Crippen LogP contribution in [-0.2, 0) is 18.4 Å². The average Bonchev–Trinajstić information content (AvgIpc) is 2.57. The molecule has 3 atom stereocenters. The molecule has 1 amide bonds. The van der Waals surface area contributed by atoms with Crippen molar-refractivity contribution < 1.29 is 32.9 Å². The van der Waals surface area contributed by atoms with Gasteiger partial charge in [0, 0.05) is 6.42 Å². The van der Waals surface area contributed by atoms with Crippen molar-refractivity contribution in [2.75, 3.05) is 40.9 Å². The van der Waals surface area contributed by atoms with Gasteiger partial charge in [-0.25, -0.2) is 0 Å². The molecule has 0 aromatic rings. The zero-order chi connectivity index (χ0) is 67.6. The maximum atomic E-state index is 13.1. The van der Waals surface area contributed by atoms with Gasteiger partial charge >= 0.3 is 0 Å². The van der Waals surface area contributed by atoms with Crippen LogP contribution < -0.4 is 10.2 Å². The summed E-state index contributed by atoms with van der Waals surface area (Å²) in [7, 11) is 1.27. The molecule has 0 fully saturated rings. The van der Waals surface area contributed by atoms with E-state index in [1.807, 2.05) is 27.2 Å². The van der Waals surface area contributed by atoms with Crippen molar-refractivity contribution in [2.24, 2.45) is 0 Å². The minimum absolute atomic E-state index is 0.00321. The maximum Gasteiger partial charge on any atom is 0.268 e. The second-order valence-corrected chi connectivity index (χ2v) is 32.0. The van der Waals surface area contributed by atoms with Crippen molar-refractivity contribution in [3.05, 3.63) is 24.3 Å². The molecule has 0 aliphatic carbocycles. The molecule has 0 bridgehead atoms. The third-order valence-corrected chi connectivity index (χ3v) is 20.9. The van der Waals surface area contributed by atoms with E-state index in [-0.39, 0.29) is 19.1 Å². The van der Waals surface area contributed by atoms with Gasteiger partial charge < -0.3 is 28.8 Å². The SMILES string of the molecule is CCCCCCCCCCCCCCCCCCCCCCCCCCCC/C=C/CC/C=C/C(O)C(COP(=O)([O-])OCC[N+](C)(C)C)NC(=O)CCCCCCCCCCCCCCCCCCCCCCCCCCCCCCCCCCCCCCCCC. The molecule has 3 unspecified atom stereocenters. The number of aliphatic hydroxyl groups excluding tert-OH is 1. The van der Waals surface area contributed by atoms with Crippen LogP contribution in [0.15, 0.2) is 24.3 Å². The Balaban J connectivity index is 3.92. The van der Waals surface area contributed by atoms with Gasteiger partial charge in [-0.3, -0.25) is 9.36 Å². The molecule has 9 heteroatoms. The lowest BCUT2D eigenvalue weighted by molar-refractivity contribution is -0.870. The summed E-state index contributed by atoms with van der Waals surface area (Å²) in [6.45, 7) is 4.71. The van der Waals surface area contributed by atoms with Gasteiger partial charge in [-0.1, -0.05) is 443 Å². The summed E-state index contributed by atoms with van der Waals surface area (Å²) in [5, 5.41) is 14.0. The van der Waals surface area contributed by atoms with Crippen LogP contribution in [0.4, 0.5) is 0 Å². The van der Waals surface area contributed by atoms with Crippen LogP contribution in [0, 0.1) is 0 Å². The lowest BCUT2D eigenvalue weighted by Gasteiger charge is -2.29. The predicted octanol–water partition coefficient (Wildman–Crippen LogP) is 27.1. The molecule has 93 heavy (non-hydrogen) atoms. The van der Waals surface area contributed by atoms with Gasteiger partial charge in [-0.15, -0.1) is 0 Å². The Hall–Kier alpha value is -1.02. The first kappa shape index (κ1) is 92.0.